The van der Waals surface area contributed by atoms with E-state index in [0.717, 1.165) is 12.1 Å². The Kier molecular flexibility index (Phi) is 7.65. The molecule has 0 saturated heterocycles. The molecule has 0 amide bonds. The van der Waals surface area contributed by atoms with E-state index in [1.165, 1.54) is 29.2 Å². The van der Waals surface area contributed by atoms with Crippen LogP contribution in [0.5, 0.6) is 11.6 Å². The highest BCUT2D eigenvalue weighted by atomic mass is 32.2. The van der Waals surface area contributed by atoms with Gasteiger partial charge >= 0.3 is 0 Å². The minimum atomic E-state index is -3.74. The summed E-state index contributed by atoms with van der Waals surface area (Å²) in [6.45, 7) is 2.66. The van der Waals surface area contributed by atoms with Crippen LogP contribution in [0.2, 0.25) is 0 Å². The van der Waals surface area contributed by atoms with Crippen molar-refractivity contribution in [2.24, 2.45) is 0 Å². The van der Waals surface area contributed by atoms with Crippen LogP contribution in [-0.4, -0.2) is 46.4 Å². The Morgan fingerprint density at radius 2 is 1.83 bits per heavy atom. The highest BCUT2D eigenvalue weighted by Crippen LogP contribution is 2.30. The molecule has 0 bridgehead atoms. The van der Waals surface area contributed by atoms with Crippen LogP contribution >= 0.6 is 0 Å². The molecule has 0 saturated carbocycles. The van der Waals surface area contributed by atoms with Crippen molar-refractivity contribution in [1.82, 2.24) is 19.7 Å². The van der Waals surface area contributed by atoms with Gasteiger partial charge in [0.05, 0.1) is 47.5 Å². The van der Waals surface area contributed by atoms with Crippen molar-refractivity contribution >= 4 is 38.2 Å². The number of pyridine rings is 1. The number of aromatic amines is 1. The van der Waals surface area contributed by atoms with Gasteiger partial charge in [-0.1, -0.05) is 6.07 Å². The Labute approximate surface area is 238 Å². The van der Waals surface area contributed by atoms with E-state index in [1.54, 1.807) is 32.0 Å². The second-order valence-corrected chi connectivity index (χ2v) is 11.4. The van der Waals surface area contributed by atoms with Gasteiger partial charge in [-0.2, -0.15) is 5.10 Å². The summed E-state index contributed by atoms with van der Waals surface area (Å²) in [7, 11) is -3.74. The first kappa shape index (κ1) is 28.7. The number of sulfonamides is 1. The summed E-state index contributed by atoms with van der Waals surface area (Å²) in [6, 6.07) is 9.69. The highest BCUT2D eigenvalue weighted by molar-refractivity contribution is 7.92. The molecule has 3 aromatic heterocycles. The van der Waals surface area contributed by atoms with Gasteiger partial charge in [-0.25, -0.2) is 26.9 Å². The normalized spacial score (nSPS) is 11.6. The number of nitrogens with zero attached hydrogens (tertiary/aromatic N) is 3. The number of rotatable bonds is 10. The van der Waals surface area contributed by atoms with E-state index in [1.807, 2.05) is 0 Å². The number of para-hydroxylation sites is 1. The second kappa shape index (κ2) is 11.2. The molecule has 3 heterocycles. The lowest BCUT2D eigenvalue weighted by atomic mass is 10.1. The Hall–Kier alpha value is -4.85. The summed E-state index contributed by atoms with van der Waals surface area (Å²) in [4.78, 5) is 20.5. The van der Waals surface area contributed by atoms with Crippen LogP contribution in [0, 0.1) is 25.5 Å². The smallest absolute Gasteiger partial charge is 0.232 e. The molecule has 5 aromatic rings. The number of benzene rings is 2. The molecule has 42 heavy (non-hydrogen) atoms. The fraction of sp³-hybridized carbons (Fsp3) is 0.179. The molecule has 5 rings (SSSR count). The molecule has 0 fully saturated rings. The predicted molar refractivity (Wildman–Crippen MR) is 151 cm³/mol. The number of anilines is 2. The molecule has 0 radical (unpaired) electrons. The number of nitrogens with one attached hydrogen (secondary N) is 2. The van der Waals surface area contributed by atoms with Crippen molar-refractivity contribution in [3.63, 3.8) is 0 Å². The Morgan fingerprint density at radius 3 is 2.52 bits per heavy atom. The average Bonchev–Trinajstić information content (AvgIpc) is 3.52. The summed E-state index contributed by atoms with van der Waals surface area (Å²) < 4.78 is 73.9. The van der Waals surface area contributed by atoms with Crippen LogP contribution < -0.4 is 15.2 Å². The highest BCUT2D eigenvalue weighted by Gasteiger charge is 2.22. The number of fused-ring (bicyclic) bond motifs is 1. The van der Waals surface area contributed by atoms with Gasteiger partial charge in [-0.05, 0) is 61.7 Å². The van der Waals surface area contributed by atoms with Gasteiger partial charge in [0.15, 0.2) is 11.6 Å². The zero-order chi connectivity index (χ0) is 30.2. The maximum atomic E-state index is 14.0. The number of H-pyrrole nitrogens is 1. The number of nitrogen functional groups attached to an aromatic ring is 1. The van der Waals surface area contributed by atoms with Crippen molar-refractivity contribution in [2.45, 2.75) is 20.3 Å². The standard InChI is InChI=1S/C28H25F3N6O4S/c1-15-9-17-11-23(35-22(17)12-21(15)36-42(39,40)8-4-7-29)26(38)18-13-34-37(28(18)32)24-14-33-25(10-16(24)2)41-27-19(30)5-3-6-20(27)31/h3,5-6,9-14,35-36H,4,7-8,32H2,1-2H3. The summed E-state index contributed by atoms with van der Waals surface area (Å²) in [5.41, 5.74) is 8.97. The second-order valence-electron chi connectivity index (χ2n) is 9.55. The molecule has 10 nitrogen and oxygen atoms in total. The van der Waals surface area contributed by atoms with Crippen molar-refractivity contribution in [2.75, 3.05) is 22.9 Å². The topological polar surface area (TPSA) is 145 Å². The summed E-state index contributed by atoms with van der Waals surface area (Å²) in [6.07, 6.45) is 2.54. The van der Waals surface area contributed by atoms with Crippen LogP contribution in [0.1, 0.15) is 33.6 Å². The Bertz CT molecular complexity index is 1920. The number of halogens is 3. The SMILES string of the molecule is Cc1cc2cc(C(=O)c3cnn(-c4cnc(Oc5c(F)cccc5F)cc4C)c3N)[nH]c2cc1NS(=O)(=O)CCCF. The van der Waals surface area contributed by atoms with E-state index in [9.17, 15) is 26.4 Å². The molecule has 4 N–H and O–H groups in total. The molecule has 2 aromatic carbocycles. The molecule has 218 valence electrons. The third-order valence-electron chi connectivity index (χ3n) is 6.49. The van der Waals surface area contributed by atoms with E-state index >= 15 is 0 Å². The van der Waals surface area contributed by atoms with Gasteiger partial charge in [0.1, 0.15) is 5.82 Å². The largest absolute Gasteiger partial charge is 0.433 e. The maximum Gasteiger partial charge on any atom is 0.232 e. The quantitative estimate of drug-likeness (QED) is 0.184. The van der Waals surface area contributed by atoms with Crippen LogP contribution in [0.4, 0.5) is 24.7 Å². The van der Waals surface area contributed by atoms with E-state index in [-0.39, 0.29) is 35.1 Å². The van der Waals surface area contributed by atoms with Crippen molar-refractivity contribution in [1.29, 1.82) is 0 Å². The molecule has 0 atom stereocenters. The van der Waals surface area contributed by atoms with E-state index in [2.05, 4.69) is 19.8 Å². The third-order valence-corrected chi connectivity index (χ3v) is 7.84. The van der Waals surface area contributed by atoms with Crippen LogP contribution in [0.15, 0.2) is 54.9 Å². The Morgan fingerprint density at radius 1 is 1.10 bits per heavy atom. The minimum Gasteiger partial charge on any atom is -0.433 e. The van der Waals surface area contributed by atoms with Gasteiger partial charge in [0.2, 0.25) is 27.4 Å². The first-order valence-electron chi connectivity index (χ1n) is 12.6. The monoisotopic (exact) mass is 598 g/mol. The first-order chi connectivity index (χ1) is 20.0. The number of carbonyl (C=O) groups is 1. The Balaban J connectivity index is 1.40. The predicted octanol–water partition coefficient (Wildman–Crippen LogP) is 5.35. The van der Waals surface area contributed by atoms with Crippen LogP contribution in [0.25, 0.3) is 16.6 Å². The summed E-state index contributed by atoms with van der Waals surface area (Å²) >= 11 is 0. The maximum absolute atomic E-state index is 14.0. The number of hydrogen-bond donors (Lipinski definition) is 3. The van der Waals surface area contributed by atoms with E-state index in [4.69, 9.17) is 10.5 Å². The molecular formula is C28H25F3N6O4S. The molecular weight excluding hydrogens is 573 g/mol. The van der Waals surface area contributed by atoms with E-state index < -0.39 is 39.9 Å². The van der Waals surface area contributed by atoms with Crippen molar-refractivity contribution in [3.05, 3.63) is 88.9 Å². The van der Waals surface area contributed by atoms with Gasteiger partial charge in [0, 0.05) is 17.0 Å². The number of ketones is 1. The van der Waals surface area contributed by atoms with Crippen LogP contribution in [0.3, 0.4) is 0 Å². The molecule has 0 spiro atoms. The number of aryl methyl sites for hydroxylation is 2. The van der Waals surface area contributed by atoms with E-state index in [0.29, 0.717) is 33.4 Å². The van der Waals surface area contributed by atoms with Crippen LogP contribution in [-0.2, 0) is 10.0 Å². The summed E-state index contributed by atoms with van der Waals surface area (Å²) in [5.74, 6) is -3.19. The number of carbonyl (C=O) groups excluding carboxylic acids is 1. The van der Waals surface area contributed by atoms with Crippen molar-refractivity contribution < 1.29 is 31.1 Å². The number of alkyl halides is 1. The number of nitrogens with two attached hydrogens (primary N) is 1. The van der Waals surface area contributed by atoms with Gasteiger partial charge in [0.25, 0.3) is 0 Å². The lowest BCUT2D eigenvalue weighted by molar-refractivity contribution is 0.103. The number of aromatic nitrogens is 4. The first-order valence-corrected chi connectivity index (χ1v) is 14.3. The van der Waals surface area contributed by atoms with Gasteiger partial charge < -0.3 is 15.5 Å². The summed E-state index contributed by atoms with van der Waals surface area (Å²) in [5, 5.41) is 4.90. The molecule has 0 unspecified atom stereocenters. The number of hydrogen-bond acceptors (Lipinski definition) is 7. The molecule has 0 aliphatic rings. The average molecular weight is 599 g/mol. The lowest BCUT2D eigenvalue weighted by Gasteiger charge is -2.11. The van der Waals surface area contributed by atoms with Gasteiger partial charge in [-0.3, -0.25) is 13.9 Å². The third kappa shape index (κ3) is 5.65. The molecule has 14 heteroatoms. The zero-order valence-corrected chi connectivity index (χ0v) is 23.2. The van der Waals surface area contributed by atoms with Crippen molar-refractivity contribution in [3.8, 4) is 17.3 Å². The fourth-order valence-electron chi connectivity index (χ4n) is 4.35. The fourth-order valence-corrected chi connectivity index (χ4v) is 5.49. The van der Waals surface area contributed by atoms with Gasteiger partial charge in [-0.15, -0.1) is 0 Å². The molecule has 0 aliphatic carbocycles. The number of ether oxygens (including phenoxy) is 1. The zero-order valence-electron chi connectivity index (χ0n) is 22.4. The minimum absolute atomic E-state index is 0.0230. The molecule has 0 aliphatic heterocycles. The lowest BCUT2D eigenvalue weighted by Crippen LogP contribution is -2.17.